The number of anilines is 1. The van der Waals surface area contributed by atoms with Crippen LogP contribution in [0.2, 0.25) is 0 Å². The number of hydrogen-bond donors (Lipinski definition) is 2. The Morgan fingerprint density at radius 3 is 2.28 bits per heavy atom. The summed E-state index contributed by atoms with van der Waals surface area (Å²) in [5.41, 5.74) is 3.49. The van der Waals surface area contributed by atoms with Crippen LogP contribution in [0.3, 0.4) is 0 Å². The maximum Gasteiger partial charge on any atom is 0.307 e. The van der Waals surface area contributed by atoms with E-state index in [9.17, 15) is 18.0 Å². The fourth-order valence-electron chi connectivity index (χ4n) is 2.50. The Kier molecular flexibility index (Phi) is 7.53. The molecule has 0 saturated carbocycles. The second-order valence-corrected chi connectivity index (χ2v) is 8.67. The lowest BCUT2D eigenvalue weighted by molar-refractivity contribution is -0.152. The van der Waals surface area contributed by atoms with Crippen LogP contribution in [0.5, 0.6) is 0 Å². The molecule has 0 fully saturated rings. The molecule has 0 bridgehead atoms. The Balaban J connectivity index is 1.83. The van der Waals surface area contributed by atoms with E-state index in [1.165, 1.54) is 19.1 Å². The number of sulfonamides is 1. The van der Waals surface area contributed by atoms with Crippen LogP contribution in [-0.4, -0.2) is 32.9 Å². The van der Waals surface area contributed by atoms with Gasteiger partial charge in [-0.05, 0) is 57.0 Å². The lowest BCUT2D eigenvalue weighted by Crippen LogP contribution is -2.32. The molecule has 0 heterocycles. The highest BCUT2D eigenvalue weighted by molar-refractivity contribution is 7.89. The maximum absolute atomic E-state index is 12.3. The summed E-state index contributed by atoms with van der Waals surface area (Å²) in [7, 11) is -3.70. The third-order valence-corrected chi connectivity index (χ3v) is 5.76. The van der Waals surface area contributed by atoms with Gasteiger partial charge in [-0.25, -0.2) is 13.1 Å². The van der Waals surface area contributed by atoms with Crippen LogP contribution in [0.25, 0.3) is 0 Å². The molecule has 2 rings (SSSR count). The summed E-state index contributed by atoms with van der Waals surface area (Å²) in [4.78, 5) is 24.3. The van der Waals surface area contributed by atoms with E-state index in [2.05, 4.69) is 10.0 Å². The average molecular weight is 419 g/mol. The van der Waals surface area contributed by atoms with Gasteiger partial charge in [0.25, 0.3) is 5.91 Å². The molecule has 0 aliphatic heterocycles. The first-order valence-electron chi connectivity index (χ1n) is 9.22. The van der Waals surface area contributed by atoms with Crippen molar-refractivity contribution in [1.29, 1.82) is 0 Å². The van der Waals surface area contributed by atoms with E-state index in [-0.39, 0.29) is 17.9 Å². The molecule has 8 heteroatoms. The highest BCUT2D eigenvalue weighted by atomic mass is 32.2. The van der Waals surface area contributed by atoms with Crippen molar-refractivity contribution in [2.24, 2.45) is 0 Å². The number of ether oxygens (including phenoxy) is 1. The van der Waals surface area contributed by atoms with E-state index in [1.54, 1.807) is 12.1 Å². The minimum atomic E-state index is -3.70. The van der Waals surface area contributed by atoms with Gasteiger partial charge in [0.1, 0.15) is 0 Å². The van der Waals surface area contributed by atoms with Crippen molar-refractivity contribution in [3.63, 3.8) is 0 Å². The summed E-state index contributed by atoms with van der Waals surface area (Å²) in [5, 5.41) is 2.73. The van der Waals surface area contributed by atoms with Crippen molar-refractivity contribution in [2.45, 2.75) is 45.1 Å². The standard InChI is InChI=1S/C21H26N2O5S/c1-14-6-9-18(10-7-14)29(26,27)22-12-11-20(24)28-17(4)21(25)23-19-13-15(2)5-8-16(19)3/h5-10,13,17,22H,11-12H2,1-4H3,(H,23,25)/t17-/m0/s1. The summed E-state index contributed by atoms with van der Waals surface area (Å²) in [6, 6.07) is 12.0. The van der Waals surface area contributed by atoms with Crippen molar-refractivity contribution in [2.75, 3.05) is 11.9 Å². The Bertz CT molecular complexity index is 985. The van der Waals surface area contributed by atoms with Crippen LogP contribution < -0.4 is 10.0 Å². The SMILES string of the molecule is Cc1ccc(S(=O)(=O)NCCC(=O)O[C@@H](C)C(=O)Nc2cc(C)ccc2C)cc1. The lowest BCUT2D eigenvalue weighted by Gasteiger charge is -2.15. The van der Waals surface area contributed by atoms with Crippen LogP contribution >= 0.6 is 0 Å². The van der Waals surface area contributed by atoms with Gasteiger partial charge in [-0.2, -0.15) is 0 Å². The monoisotopic (exact) mass is 418 g/mol. The summed E-state index contributed by atoms with van der Waals surface area (Å²) in [5.74, 6) is -1.12. The van der Waals surface area contributed by atoms with Gasteiger partial charge in [0, 0.05) is 12.2 Å². The molecule has 0 spiro atoms. The number of carbonyl (C=O) groups excluding carboxylic acids is 2. The second kappa shape index (κ2) is 9.67. The smallest absolute Gasteiger partial charge is 0.307 e. The van der Waals surface area contributed by atoms with Crippen molar-refractivity contribution in [3.8, 4) is 0 Å². The van der Waals surface area contributed by atoms with Crippen LogP contribution in [-0.2, 0) is 24.3 Å². The lowest BCUT2D eigenvalue weighted by atomic mass is 10.1. The molecule has 2 N–H and O–H groups in total. The van der Waals surface area contributed by atoms with Crippen molar-refractivity contribution >= 4 is 27.6 Å². The molecule has 0 saturated heterocycles. The van der Waals surface area contributed by atoms with Crippen LogP contribution in [0, 0.1) is 20.8 Å². The van der Waals surface area contributed by atoms with E-state index < -0.39 is 28.0 Å². The van der Waals surface area contributed by atoms with Gasteiger partial charge in [0.2, 0.25) is 10.0 Å². The molecule has 0 aromatic heterocycles. The maximum atomic E-state index is 12.3. The molecule has 0 aliphatic carbocycles. The van der Waals surface area contributed by atoms with Gasteiger partial charge in [-0.15, -0.1) is 0 Å². The minimum Gasteiger partial charge on any atom is -0.452 e. The number of amides is 1. The largest absolute Gasteiger partial charge is 0.452 e. The summed E-state index contributed by atoms with van der Waals surface area (Å²) < 4.78 is 31.8. The third kappa shape index (κ3) is 6.69. The highest BCUT2D eigenvalue weighted by Crippen LogP contribution is 2.17. The molecule has 1 atom stereocenters. The third-order valence-electron chi connectivity index (χ3n) is 4.28. The van der Waals surface area contributed by atoms with Gasteiger partial charge in [-0.3, -0.25) is 9.59 Å². The predicted molar refractivity (Wildman–Crippen MR) is 111 cm³/mol. The molecular formula is C21H26N2O5S. The Morgan fingerprint density at radius 2 is 1.62 bits per heavy atom. The molecular weight excluding hydrogens is 392 g/mol. The molecule has 156 valence electrons. The number of aryl methyl sites for hydroxylation is 3. The fourth-order valence-corrected chi connectivity index (χ4v) is 3.53. The van der Waals surface area contributed by atoms with E-state index >= 15 is 0 Å². The quantitative estimate of drug-likeness (QED) is 0.642. The van der Waals surface area contributed by atoms with Gasteiger partial charge in [-0.1, -0.05) is 29.8 Å². The molecule has 29 heavy (non-hydrogen) atoms. The van der Waals surface area contributed by atoms with E-state index in [0.29, 0.717) is 5.69 Å². The first-order chi connectivity index (χ1) is 13.6. The Labute approximate surface area is 171 Å². The summed E-state index contributed by atoms with van der Waals surface area (Å²) >= 11 is 0. The second-order valence-electron chi connectivity index (χ2n) is 6.90. The molecule has 2 aromatic carbocycles. The zero-order valence-corrected chi connectivity index (χ0v) is 17.8. The topological polar surface area (TPSA) is 102 Å². The first-order valence-corrected chi connectivity index (χ1v) is 10.7. The van der Waals surface area contributed by atoms with Crippen molar-refractivity contribution in [3.05, 3.63) is 59.2 Å². The molecule has 1 amide bonds. The number of nitrogens with one attached hydrogen (secondary N) is 2. The number of rotatable bonds is 8. The van der Waals surface area contributed by atoms with Gasteiger partial charge < -0.3 is 10.1 Å². The van der Waals surface area contributed by atoms with E-state index in [1.807, 2.05) is 39.0 Å². The molecule has 7 nitrogen and oxygen atoms in total. The van der Waals surface area contributed by atoms with Crippen LogP contribution in [0.4, 0.5) is 5.69 Å². The number of esters is 1. The van der Waals surface area contributed by atoms with Crippen molar-refractivity contribution < 1.29 is 22.7 Å². The highest BCUT2D eigenvalue weighted by Gasteiger charge is 2.19. The summed E-state index contributed by atoms with van der Waals surface area (Å²) in [6.45, 7) is 6.98. The van der Waals surface area contributed by atoms with Gasteiger partial charge >= 0.3 is 5.97 Å². The van der Waals surface area contributed by atoms with Gasteiger partial charge in [0.15, 0.2) is 6.10 Å². The predicted octanol–water partition coefficient (Wildman–Crippen LogP) is 2.85. The Hall–Kier alpha value is -2.71. The fraction of sp³-hybridized carbons (Fsp3) is 0.333. The van der Waals surface area contributed by atoms with Crippen molar-refractivity contribution in [1.82, 2.24) is 4.72 Å². The zero-order chi connectivity index (χ0) is 21.6. The number of hydrogen-bond acceptors (Lipinski definition) is 5. The number of benzene rings is 2. The van der Waals surface area contributed by atoms with Crippen LogP contribution in [0.15, 0.2) is 47.4 Å². The zero-order valence-electron chi connectivity index (χ0n) is 17.0. The normalized spacial score (nSPS) is 12.3. The molecule has 0 unspecified atom stereocenters. The molecule has 0 aliphatic rings. The van der Waals surface area contributed by atoms with Crippen LogP contribution in [0.1, 0.15) is 30.0 Å². The first kappa shape index (κ1) is 22.6. The Morgan fingerprint density at radius 1 is 1.00 bits per heavy atom. The summed E-state index contributed by atoms with van der Waals surface area (Å²) in [6.07, 6.45) is -1.19. The van der Waals surface area contributed by atoms with E-state index in [0.717, 1.165) is 16.7 Å². The molecule has 2 aromatic rings. The van der Waals surface area contributed by atoms with Gasteiger partial charge in [0.05, 0.1) is 11.3 Å². The molecule has 0 radical (unpaired) electrons. The average Bonchev–Trinajstić information content (AvgIpc) is 2.64. The number of carbonyl (C=O) groups is 2. The minimum absolute atomic E-state index is 0.123. The van der Waals surface area contributed by atoms with E-state index in [4.69, 9.17) is 4.74 Å².